The lowest BCUT2D eigenvalue weighted by molar-refractivity contribution is 0.499. The summed E-state index contributed by atoms with van der Waals surface area (Å²) in [7, 11) is 0. The number of hydrogen-bond donors (Lipinski definition) is 0. The predicted molar refractivity (Wildman–Crippen MR) is 73.2 cm³/mol. The minimum absolute atomic E-state index is 0.0145. The van der Waals surface area contributed by atoms with Crippen molar-refractivity contribution in [3.8, 4) is 0 Å². The highest BCUT2D eigenvalue weighted by Gasteiger charge is 2.21. The van der Waals surface area contributed by atoms with E-state index in [1.165, 1.54) is 18.2 Å². The molecule has 1 unspecified atom stereocenters. The molecule has 2 rings (SSSR count). The Kier molecular flexibility index (Phi) is 4.43. The molecule has 6 heteroatoms. The van der Waals surface area contributed by atoms with E-state index in [0.29, 0.717) is 4.47 Å². The summed E-state index contributed by atoms with van der Waals surface area (Å²) < 4.78 is 40.9. The summed E-state index contributed by atoms with van der Waals surface area (Å²) in [5, 5.41) is -0.930. The van der Waals surface area contributed by atoms with Crippen LogP contribution in [0.3, 0.4) is 0 Å². The Hall–Kier alpha value is -0.710. The zero-order valence-corrected chi connectivity index (χ0v) is 12.3. The molecule has 2 aromatic carbocycles. The van der Waals surface area contributed by atoms with Crippen molar-refractivity contribution in [2.45, 2.75) is 5.38 Å². The van der Waals surface area contributed by atoms with Crippen molar-refractivity contribution in [2.24, 2.45) is 0 Å². The predicted octanol–water partition coefficient (Wildman–Crippen LogP) is 5.85. The number of rotatable bonds is 2. The van der Waals surface area contributed by atoms with Crippen LogP contribution in [0.1, 0.15) is 16.5 Å². The van der Waals surface area contributed by atoms with Crippen molar-refractivity contribution >= 4 is 39.1 Å². The van der Waals surface area contributed by atoms with Gasteiger partial charge in [0.05, 0.1) is 10.4 Å². The summed E-state index contributed by atoms with van der Waals surface area (Å²) in [4.78, 5) is 0. The Morgan fingerprint density at radius 2 is 1.68 bits per heavy atom. The Bertz CT molecular complexity index is 632. The van der Waals surface area contributed by atoms with E-state index < -0.39 is 22.8 Å². The first-order valence-corrected chi connectivity index (χ1v) is 6.75. The van der Waals surface area contributed by atoms with E-state index in [2.05, 4.69) is 15.9 Å². The number of halogens is 6. The molecular formula is C13H6BrCl2F3. The molecule has 0 N–H and O–H groups in total. The van der Waals surface area contributed by atoms with Crippen LogP contribution in [0, 0.1) is 17.5 Å². The van der Waals surface area contributed by atoms with Gasteiger partial charge in [-0.25, -0.2) is 13.2 Å². The van der Waals surface area contributed by atoms with Gasteiger partial charge in [-0.1, -0.05) is 23.7 Å². The fourth-order valence-electron chi connectivity index (χ4n) is 1.62. The summed E-state index contributed by atoms with van der Waals surface area (Å²) in [5.74, 6) is -2.78. The topological polar surface area (TPSA) is 0 Å². The van der Waals surface area contributed by atoms with E-state index in [9.17, 15) is 13.2 Å². The second-order valence-corrected chi connectivity index (χ2v) is 5.49. The third-order valence-electron chi connectivity index (χ3n) is 2.57. The molecule has 0 spiro atoms. The second kappa shape index (κ2) is 5.73. The van der Waals surface area contributed by atoms with Crippen molar-refractivity contribution in [2.75, 3.05) is 0 Å². The zero-order chi connectivity index (χ0) is 14.2. The quantitative estimate of drug-likeness (QED) is 0.460. The van der Waals surface area contributed by atoms with E-state index in [1.807, 2.05) is 0 Å². The summed E-state index contributed by atoms with van der Waals surface area (Å²) in [5.41, 5.74) is -0.154. The van der Waals surface area contributed by atoms with Crippen LogP contribution < -0.4 is 0 Å². The van der Waals surface area contributed by atoms with Crippen molar-refractivity contribution in [3.63, 3.8) is 0 Å². The molecule has 0 saturated carbocycles. The Labute approximate surface area is 126 Å². The Morgan fingerprint density at radius 1 is 1.00 bits per heavy atom. The smallest absolute Gasteiger partial charge is 0.163 e. The molecule has 0 saturated heterocycles. The molecule has 2 aromatic rings. The lowest BCUT2D eigenvalue weighted by Gasteiger charge is -2.13. The van der Waals surface area contributed by atoms with Crippen LogP contribution in [0.25, 0.3) is 0 Å². The molecule has 100 valence electrons. The van der Waals surface area contributed by atoms with Crippen LogP contribution >= 0.6 is 39.1 Å². The molecule has 0 aromatic heterocycles. The molecule has 0 amide bonds. The monoisotopic (exact) mass is 368 g/mol. The minimum Gasteiger partial charge on any atom is -0.207 e. The number of benzene rings is 2. The van der Waals surface area contributed by atoms with Gasteiger partial charge in [0.2, 0.25) is 0 Å². The second-order valence-electron chi connectivity index (χ2n) is 3.79. The fourth-order valence-corrected chi connectivity index (χ4v) is 2.44. The average Bonchev–Trinajstić information content (AvgIpc) is 2.36. The van der Waals surface area contributed by atoms with Crippen molar-refractivity contribution in [3.05, 3.63) is 68.4 Å². The van der Waals surface area contributed by atoms with Crippen LogP contribution in [0.5, 0.6) is 0 Å². The molecule has 0 heterocycles. The van der Waals surface area contributed by atoms with Gasteiger partial charge in [0.15, 0.2) is 11.6 Å². The standard InChI is InChI=1S/C13H6BrCl2F3/c14-8-5-11(18)7(4-9(8)15)12(16)6-2-1-3-10(17)13(6)19/h1-5,12H. The average molecular weight is 370 g/mol. The molecular weight excluding hydrogens is 364 g/mol. The van der Waals surface area contributed by atoms with Crippen molar-refractivity contribution in [1.29, 1.82) is 0 Å². The van der Waals surface area contributed by atoms with Gasteiger partial charge < -0.3 is 0 Å². The van der Waals surface area contributed by atoms with E-state index in [4.69, 9.17) is 23.2 Å². The van der Waals surface area contributed by atoms with Crippen LogP contribution in [0.15, 0.2) is 34.8 Å². The highest BCUT2D eigenvalue weighted by Crippen LogP contribution is 2.36. The van der Waals surface area contributed by atoms with Gasteiger partial charge in [-0.2, -0.15) is 0 Å². The highest BCUT2D eigenvalue weighted by atomic mass is 79.9. The molecule has 0 aliphatic heterocycles. The molecule has 0 nitrogen and oxygen atoms in total. The van der Waals surface area contributed by atoms with Crippen molar-refractivity contribution < 1.29 is 13.2 Å². The first-order valence-electron chi connectivity index (χ1n) is 5.14. The summed E-state index contributed by atoms with van der Waals surface area (Å²) in [6.07, 6.45) is 0. The zero-order valence-electron chi connectivity index (χ0n) is 9.23. The summed E-state index contributed by atoms with van der Waals surface area (Å²) in [6.45, 7) is 0. The lowest BCUT2D eigenvalue weighted by atomic mass is 10.0. The molecule has 0 aliphatic carbocycles. The van der Waals surface area contributed by atoms with E-state index >= 15 is 0 Å². The summed E-state index contributed by atoms with van der Waals surface area (Å²) in [6, 6.07) is 5.98. The van der Waals surface area contributed by atoms with Gasteiger partial charge in [0.25, 0.3) is 0 Å². The van der Waals surface area contributed by atoms with Gasteiger partial charge in [-0.3, -0.25) is 0 Å². The fraction of sp³-hybridized carbons (Fsp3) is 0.0769. The minimum atomic E-state index is -1.17. The lowest BCUT2D eigenvalue weighted by Crippen LogP contribution is -2.02. The SMILES string of the molecule is Fc1cc(Br)c(Cl)cc1C(Cl)c1cccc(F)c1F. The van der Waals surface area contributed by atoms with Crippen LogP contribution in [-0.4, -0.2) is 0 Å². The third kappa shape index (κ3) is 2.91. The number of alkyl halides is 1. The van der Waals surface area contributed by atoms with Gasteiger partial charge in [0, 0.05) is 15.6 Å². The molecule has 0 fully saturated rings. The van der Waals surface area contributed by atoms with Crippen LogP contribution in [-0.2, 0) is 0 Å². The third-order valence-corrected chi connectivity index (χ3v) is 4.23. The normalized spacial score (nSPS) is 12.5. The van der Waals surface area contributed by atoms with Gasteiger partial charge in [0.1, 0.15) is 5.82 Å². The molecule has 0 radical (unpaired) electrons. The maximum absolute atomic E-state index is 13.8. The first kappa shape index (κ1) is 14.7. The van der Waals surface area contributed by atoms with E-state index in [0.717, 1.165) is 12.1 Å². The van der Waals surface area contributed by atoms with Crippen LogP contribution in [0.2, 0.25) is 5.02 Å². The van der Waals surface area contributed by atoms with Crippen LogP contribution in [0.4, 0.5) is 13.2 Å². The first-order chi connectivity index (χ1) is 8.91. The molecule has 0 aliphatic rings. The van der Waals surface area contributed by atoms with Gasteiger partial charge in [-0.05, 0) is 34.1 Å². The van der Waals surface area contributed by atoms with Gasteiger partial charge in [-0.15, -0.1) is 11.6 Å². The molecule has 19 heavy (non-hydrogen) atoms. The Balaban J connectivity index is 2.53. The van der Waals surface area contributed by atoms with Crippen molar-refractivity contribution in [1.82, 2.24) is 0 Å². The number of hydrogen-bond acceptors (Lipinski definition) is 0. The van der Waals surface area contributed by atoms with E-state index in [1.54, 1.807) is 0 Å². The van der Waals surface area contributed by atoms with E-state index in [-0.39, 0.29) is 16.1 Å². The maximum atomic E-state index is 13.8. The largest absolute Gasteiger partial charge is 0.207 e. The molecule has 0 bridgehead atoms. The summed E-state index contributed by atoms with van der Waals surface area (Å²) >= 11 is 14.9. The highest BCUT2D eigenvalue weighted by molar-refractivity contribution is 9.10. The van der Waals surface area contributed by atoms with Gasteiger partial charge >= 0.3 is 0 Å². The molecule has 1 atom stereocenters. The maximum Gasteiger partial charge on any atom is 0.163 e. The Morgan fingerprint density at radius 3 is 2.37 bits per heavy atom.